The molecule has 3 amide bonds. The van der Waals surface area contributed by atoms with Gasteiger partial charge in [0.05, 0.1) is 6.04 Å². The van der Waals surface area contributed by atoms with Crippen LogP contribution >= 0.6 is 0 Å². The molecule has 4 atom stereocenters. The molecule has 8 N–H and O–H groups in total. The van der Waals surface area contributed by atoms with E-state index in [0.717, 1.165) is 10.9 Å². The molecule has 1 aromatic heterocycles. The van der Waals surface area contributed by atoms with Gasteiger partial charge in [-0.05, 0) is 42.7 Å². The molecule has 2 aromatic rings. The lowest BCUT2D eigenvalue weighted by molar-refractivity contribution is -0.142. The fourth-order valence-electron chi connectivity index (χ4n) is 4.40. The van der Waals surface area contributed by atoms with Gasteiger partial charge in [0.1, 0.15) is 18.1 Å². The molecule has 40 heavy (non-hydrogen) atoms. The van der Waals surface area contributed by atoms with Crippen molar-refractivity contribution in [2.24, 2.45) is 17.6 Å². The highest BCUT2D eigenvalue weighted by Crippen LogP contribution is 2.19. The Morgan fingerprint density at radius 1 is 0.825 bits per heavy atom. The van der Waals surface area contributed by atoms with E-state index in [1.54, 1.807) is 6.20 Å². The molecule has 1 heterocycles. The first-order chi connectivity index (χ1) is 18.8. The first-order valence-corrected chi connectivity index (χ1v) is 13.4. The first-order valence-electron chi connectivity index (χ1n) is 13.4. The Morgan fingerprint density at radius 2 is 1.40 bits per heavy atom. The van der Waals surface area contributed by atoms with E-state index in [2.05, 4.69) is 20.9 Å². The lowest BCUT2D eigenvalue weighted by atomic mass is 10.00. The van der Waals surface area contributed by atoms with Gasteiger partial charge in [-0.15, -0.1) is 0 Å². The quantitative estimate of drug-likeness (QED) is 0.160. The maximum absolute atomic E-state index is 13.3. The topological polar surface area (TPSA) is 204 Å². The summed E-state index contributed by atoms with van der Waals surface area (Å²) in [5.74, 6) is -4.38. The van der Waals surface area contributed by atoms with Crippen molar-refractivity contribution >= 4 is 40.6 Å². The lowest BCUT2D eigenvalue weighted by Crippen LogP contribution is -2.57. The molecule has 0 radical (unpaired) electrons. The second-order valence-electron chi connectivity index (χ2n) is 10.9. The third kappa shape index (κ3) is 9.99. The molecule has 220 valence electrons. The highest BCUT2D eigenvalue weighted by atomic mass is 16.4. The second-order valence-corrected chi connectivity index (χ2v) is 10.9. The minimum absolute atomic E-state index is 0.0124. The van der Waals surface area contributed by atoms with Crippen molar-refractivity contribution in [3.63, 3.8) is 0 Å². The number of hydrogen-bond donors (Lipinski definition) is 7. The lowest BCUT2D eigenvalue weighted by Gasteiger charge is -2.26. The van der Waals surface area contributed by atoms with Gasteiger partial charge in [-0.3, -0.25) is 19.2 Å². The van der Waals surface area contributed by atoms with Gasteiger partial charge in [0.2, 0.25) is 17.7 Å². The number of aromatic amines is 1. The van der Waals surface area contributed by atoms with E-state index < -0.39 is 60.2 Å². The minimum atomic E-state index is -1.27. The minimum Gasteiger partial charge on any atom is -0.481 e. The van der Waals surface area contributed by atoms with Gasteiger partial charge in [0.15, 0.2) is 0 Å². The zero-order chi connectivity index (χ0) is 30.0. The van der Waals surface area contributed by atoms with Gasteiger partial charge in [-0.25, -0.2) is 4.79 Å². The third-order valence-corrected chi connectivity index (χ3v) is 6.40. The van der Waals surface area contributed by atoms with Gasteiger partial charge >= 0.3 is 11.9 Å². The number of aliphatic carboxylic acids is 2. The van der Waals surface area contributed by atoms with Crippen LogP contribution in [0.1, 0.15) is 58.9 Å². The molecule has 0 saturated carbocycles. The number of carbonyl (C=O) groups is 5. The molecule has 0 fully saturated rings. The highest BCUT2D eigenvalue weighted by Gasteiger charge is 2.31. The van der Waals surface area contributed by atoms with Crippen molar-refractivity contribution < 1.29 is 34.2 Å². The number of carbonyl (C=O) groups excluding carboxylic acids is 3. The zero-order valence-electron chi connectivity index (χ0n) is 23.4. The fourth-order valence-corrected chi connectivity index (χ4v) is 4.40. The number of benzene rings is 1. The third-order valence-electron chi connectivity index (χ3n) is 6.40. The predicted octanol–water partition coefficient (Wildman–Crippen LogP) is 1.53. The van der Waals surface area contributed by atoms with Gasteiger partial charge in [-0.1, -0.05) is 45.9 Å². The van der Waals surface area contributed by atoms with E-state index >= 15 is 0 Å². The summed E-state index contributed by atoms with van der Waals surface area (Å²) in [7, 11) is 0. The maximum atomic E-state index is 13.3. The van der Waals surface area contributed by atoms with Crippen molar-refractivity contribution in [2.75, 3.05) is 0 Å². The van der Waals surface area contributed by atoms with Gasteiger partial charge in [-0.2, -0.15) is 0 Å². The van der Waals surface area contributed by atoms with Crippen molar-refractivity contribution in [1.82, 2.24) is 20.9 Å². The fraction of sp³-hybridized carbons (Fsp3) is 0.536. The van der Waals surface area contributed by atoms with Crippen LogP contribution < -0.4 is 21.7 Å². The average Bonchev–Trinajstić information content (AvgIpc) is 3.27. The van der Waals surface area contributed by atoms with Crippen LogP contribution in [0.4, 0.5) is 0 Å². The number of nitrogens with two attached hydrogens (primary N) is 1. The standard InChI is InChI=1S/C28H41N5O7/c1-15(2)11-19(29)25(36)31-21(9-10-24(34)35)26(37)32-22(12-16(3)4)27(38)33-23(28(39)40)13-17-14-30-20-8-6-5-7-18(17)20/h5-8,14-16,19,21-23,30H,9-13,29H2,1-4H3,(H,31,36)(H,32,37)(H,33,38)(H,34,35)(H,39,40). The number of rotatable bonds is 16. The summed E-state index contributed by atoms with van der Waals surface area (Å²) < 4.78 is 0. The van der Waals surface area contributed by atoms with Crippen molar-refractivity contribution in [1.29, 1.82) is 0 Å². The summed E-state index contributed by atoms with van der Waals surface area (Å²) in [5.41, 5.74) is 7.47. The van der Waals surface area contributed by atoms with Crippen LogP contribution in [-0.2, 0) is 30.4 Å². The molecule has 2 rings (SSSR count). The molecular weight excluding hydrogens is 518 g/mol. The van der Waals surface area contributed by atoms with Crippen LogP contribution in [0.25, 0.3) is 10.9 Å². The van der Waals surface area contributed by atoms with Crippen molar-refractivity contribution in [2.45, 2.75) is 84.0 Å². The van der Waals surface area contributed by atoms with Crippen LogP contribution in [0.3, 0.4) is 0 Å². The van der Waals surface area contributed by atoms with Crippen LogP contribution in [0.5, 0.6) is 0 Å². The number of nitrogens with one attached hydrogen (secondary N) is 4. The monoisotopic (exact) mass is 559 g/mol. The Bertz CT molecular complexity index is 1190. The summed E-state index contributed by atoms with van der Waals surface area (Å²) in [6.45, 7) is 7.45. The normalized spacial score (nSPS) is 14.4. The van der Waals surface area contributed by atoms with E-state index in [9.17, 15) is 29.1 Å². The van der Waals surface area contributed by atoms with Crippen LogP contribution in [0, 0.1) is 11.8 Å². The Labute approximate surface area is 233 Å². The van der Waals surface area contributed by atoms with E-state index in [1.807, 2.05) is 52.0 Å². The van der Waals surface area contributed by atoms with Crippen molar-refractivity contribution in [3.05, 3.63) is 36.0 Å². The van der Waals surface area contributed by atoms with E-state index in [0.29, 0.717) is 12.0 Å². The Balaban J connectivity index is 2.19. The molecule has 1 aromatic carbocycles. The summed E-state index contributed by atoms with van der Waals surface area (Å²) in [6.07, 6.45) is 1.65. The molecule has 0 spiro atoms. The molecule has 12 heteroatoms. The van der Waals surface area contributed by atoms with E-state index in [-0.39, 0.29) is 31.1 Å². The highest BCUT2D eigenvalue weighted by molar-refractivity contribution is 5.94. The first kappa shape index (κ1) is 32.3. The summed E-state index contributed by atoms with van der Waals surface area (Å²) in [5, 5.41) is 27.4. The van der Waals surface area contributed by atoms with E-state index in [1.165, 1.54) is 0 Å². The molecule has 12 nitrogen and oxygen atoms in total. The van der Waals surface area contributed by atoms with Crippen LogP contribution in [0.2, 0.25) is 0 Å². The Hall–Kier alpha value is -3.93. The van der Waals surface area contributed by atoms with Gasteiger partial charge in [0, 0.05) is 29.9 Å². The van der Waals surface area contributed by atoms with Crippen molar-refractivity contribution in [3.8, 4) is 0 Å². The number of fused-ring (bicyclic) bond motifs is 1. The number of H-pyrrole nitrogens is 1. The molecule has 0 aliphatic carbocycles. The Morgan fingerprint density at radius 3 is 2.00 bits per heavy atom. The largest absolute Gasteiger partial charge is 0.481 e. The summed E-state index contributed by atoms with van der Waals surface area (Å²) in [4.78, 5) is 65.4. The Kier molecular flexibility index (Phi) is 12.1. The van der Waals surface area contributed by atoms with E-state index in [4.69, 9.17) is 10.8 Å². The van der Waals surface area contributed by atoms with Gasteiger partial charge < -0.3 is 36.9 Å². The zero-order valence-corrected chi connectivity index (χ0v) is 23.4. The molecule has 0 aliphatic rings. The van der Waals surface area contributed by atoms with Gasteiger partial charge in [0.25, 0.3) is 0 Å². The molecule has 4 unspecified atom stereocenters. The average molecular weight is 560 g/mol. The SMILES string of the molecule is CC(C)CC(N)C(=O)NC(CCC(=O)O)C(=O)NC(CC(C)C)C(=O)NC(Cc1c[nH]c2ccccc12)C(=O)O. The molecule has 0 saturated heterocycles. The number of carboxylic acids is 2. The number of carboxylic acid groups (broad SMARTS) is 2. The maximum Gasteiger partial charge on any atom is 0.326 e. The molecule has 0 bridgehead atoms. The van der Waals surface area contributed by atoms with Crippen LogP contribution in [-0.4, -0.2) is 69.0 Å². The number of aromatic nitrogens is 1. The number of hydrogen-bond acceptors (Lipinski definition) is 6. The van der Waals surface area contributed by atoms with Crippen LogP contribution in [0.15, 0.2) is 30.5 Å². The number of amides is 3. The molecular formula is C28H41N5O7. The smallest absolute Gasteiger partial charge is 0.326 e. The summed E-state index contributed by atoms with van der Waals surface area (Å²) >= 11 is 0. The second kappa shape index (κ2) is 15.0. The summed E-state index contributed by atoms with van der Waals surface area (Å²) in [6, 6.07) is 2.86. The number of para-hydroxylation sites is 1. The molecule has 0 aliphatic heterocycles. The predicted molar refractivity (Wildman–Crippen MR) is 149 cm³/mol.